The van der Waals surface area contributed by atoms with Gasteiger partial charge in [-0.15, -0.1) is 0 Å². The van der Waals surface area contributed by atoms with Gasteiger partial charge in [-0.3, -0.25) is 4.79 Å². The zero-order chi connectivity index (χ0) is 14.4. The SMILES string of the molecule is CC(=O)Cc1ccccc1C(=O)OCc1ccccc1. The maximum atomic E-state index is 12.1. The molecular formula is C17H16O3. The van der Waals surface area contributed by atoms with E-state index in [0.29, 0.717) is 11.1 Å². The van der Waals surface area contributed by atoms with Crippen LogP contribution in [0.2, 0.25) is 0 Å². The summed E-state index contributed by atoms with van der Waals surface area (Å²) in [5.41, 5.74) is 2.10. The summed E-state index contributed by atoms with van der Waals surface area (Å²) in [4.78, 5) is 23.3. The summed E-state index contributed by atoms with van der Waals surface area (Å²) in [5, 5.41) is 0. The van der Waals surface area contributed by atoms with Gasteiger partial charge in [0.15, 0.2) is 0 Å². The molecule has 0 aromatic heterocycles. The molecule has 0 aliphatic rings. The second-order valence-electron chi connectivity index (χ2n) is 4.60. The molecule has 20 heavy (non-hydrogen) atoms. The molecule has 0 bridgehead atoms. The molecule has 0 saturated heterocycles. The van der Waals surface area contributed by atoms with Crippen molar-refractivity contribution in [2.75, 3.05) is 0 Å². The van der Waals surface area contributed by atoms with Crippen molar-refractivity contribution < 1.29 is 14.3 Å². The molecule has 2 aromatic carbocycles. The quantitative estimate of drug-likeness (QED) is 0.782. The number of carbonyl (C=O) groups excluding carboxylic acids is 2. The van der Waals surface area contributed by atoms with E-state index < -0.39 is 5.97 Å². The number of esters is 1. The summed E-state index contributed by atoms with van der Waals surface area (Å²) in [6.45, 7) is 1.74. The van der Waals surface area contributed by atoms with Gasteiger partial charge >= 0.3 is 5.97 Å². The van der Waals surface area contributed by atoms with Gasteiger partial charge in [0.25, 0.3) is 0 Å². The van der Waals surface area contributed by atoms with E-state index in [9.17, 15) is 9.59 Å². The van der Waals surface area contributed by atoms with Crippen LogP contribution < -0.4 is 0 Å². The van der Waals surface area contributed by atoms with Gasteiger partial charge in [0.05, 0.1) is 5.56 Å². The fourth-order valence-electron chi connectivity index (χ4n) is 1.94. The van der Waals surface area contributed by atoms with Crippen molar-refractivity contribution in [3.8, 4) is 0 Å². The summed E-state index contributed by atoms with van der Waals surface area (Å²) < 4.78 is 5.29. The molecule has 0 saturated carbocycles. The Morgan fingerprint density at radius 1 is 0.950 bits per heavy atom. The second kappa shape index (κ2) is 6.66. The Labute approximate surface area is 118 Å². The van der Waals surface area contributed by atoms with E-state index in [1.165, 1.54) is 6.92 Å². The molecule has 3 nitrogen and oxygen atoms in total. The van der Waals surface area contributed by atoms with Crippen LogP contribution in [0.25, 0.3) is 0 Å². The minimum Gasteiger partial charge on any atom is -0.457 e. The molecule has 0 spiro atoms. The predicted molar refractivity (Wildman–Crippen MR) is 76.4 cm³/mol. The van der Waals surface area contributed by atoms with Gasteiger partial charge in [-0.2, -0.15) is 0 Å². The standard InChI is InChI=1S/C17H16O3/c1-13(18)11-15-9-5-6-10-16(15)17(19)20-12-14-7-3-2-4-8-14/h2-10H,11-12H2,1H3. The lowest BCUT2D eigenvalue weighted by molar-refractivity contribution is -0.116. The van der Waals surface area contributed by atoms with Crippen molar-refractivity contribution in [1.82, 2.24) is 0 Å². The van der Waals surface area contributed by atoms with Gasteiger partial charge in [0.1, 0.15) is 12.4 Å². The highest BCUT2D eigenvalue weighted by Crippen LogP contribution is 2.13. The molecule has 102 valence electrons. The van der Waals surface area contributed by atoms with Crippen LogP contribution in [-0.2, 0) is 22.6 Å². The topological polar surface area (TPSA) is 43.4 Å². The van der Waals surface area contributed by atoms with Crippen molar-refractivity contribution in [2.24, 2.45) is 0 Å². The molecule has 3 heteroatoms. The highest BCUT2D eigenvalue weighted by molar-refractivity contribution is 5.93. The molecule has 0 unspecified atom stereocenters. The van der Waals surface area contributed by atoms with Gasteiger partial charge in [-0.25, -0.2) is 4.79 Å². The van der Waals surface area contributed by atoms with Crippen LogP contribution >= 0.6 is 0 Å². The first kappa shape index (κ1) is 14.0. The summed E-state index contributed by atoms with van der Waals surface area (Å²) in [5.74, 6) is -0.376. The van der Waals surface area contributed by atoms with Crippen LogP contribution in [0.15, 0.2) is 54.6 Å². The zero-order valence-corrected chi connectivity index (χ0v) is 11.3. The normalized spacial score (nSPS) is 10.1. The first-order valence-electron chi connectivity index (χ1n) is 6.45. The molecule has 0 radical (unpaired) electrons. The predicted octanol–water partition coefficient (Wildman–Crippen LogP) is 3.18. The third kappa shape index (κ3) is 3.79. The third-order valence-electron chi connectivity index (χ3n) is 2.89. The van der Waals surface area contributed by atoms with E-state index in [-0.39, 0.29) is 18.8 Å². The summed E-state index contributed by atoms with van der Waals surface area (Å²) in [6, 6.07) is 16.5. The Morgan fingerprint density at radius 3 is 2.30 bits per heavy atom. The lowest BCUT2D eigenvalue weighted by Crippen LogP contribution is -2.10. The summed E-state index contributed by atoms with van der Waals surface area (Å²) in [7, 11) is 0. The number of Topliss-reactive ketones (excluding diaryl/α,β-unsaturated/α-hetero) is 1. The van der Waals surface area contributed by atoms with E-state index >= 15 is 0 Å². The van der Waals surface area contributed by atoms with Gasteiger partial charge in [0, 0.05) is 6.42 Å². The Balaban J connectivity index is 2.07. The van der Waals surface area contributed by atoms with Crippen LogP contribution in [-0.4, -0.2) is 11.8 Å². The molecular weight excluding hydrogens is 252 g/mol. The van der Waals surface area contributed by atoms with Crippen molar-refractivity contribution in [3.63, 3.8) is 0 Å². The number of hydrogen-bond acceptors (Lipinski definition) is 3. The minimum absolute atomic E-state index is 0.0216. The third-order valence-corrected chi connectivity index (χ3v) is 2.89. The average Bonchev–Trinajstić information content (AvgIpc) is 2.46. The summed E-state index contributed by atoms with van der Waals surface area (Å²) in [6.07, 6.45) is 0.247. The highest BCUT2D eigenvalue weighted by atomic mass is 16.5. The van der Waals surface area contributed by atoms with E-state index in [2.05, 4.69) is 0 Å². The first-order valence-corrected chi connectivity index (χ1v) is 6.45. The lowest BCUT2D eigenvalue weighted by atomic mass is 10.0. The number of benzene rings is 2. The molecule has 2 aromatic rings. The Kier molecular flexibility index (Phi) is 4.66. The number of carbonyl (C=O) groups is 2. The zero-order valence-electron chi connectivity index (χ0n) is 11.3. The van der Waals surface area contributed by atoms with E-state index in [1.54, 1.807) is 18.2 Å². The molecule has 0 aliphatic heterocycles. The Hall–Kier alpha value is -2.42. The van der Waals surface area contributed by atoms with Gasteiger partial charge in [0.2, 0.25) is 0 Å². The van der Waals surface area contributed by atoms with Gasteiger partial charge < -0.3 is 4.74 Å². The van der Waals surface area contributed by atoms with Crippen LogP contribution in [0.3, 0.4) is 0 Å². The minimum atomic E-state index is -0.397. The second-order valence-corrected chi connectivity index (χ2v) is 4.60. The van der Waals surface area contributed by atoms with Crippen molar-refractivity contribution >= 4 is 11.8 Å². The highest BCUT2D eigenvalue weighted by Gasteiger charge is 2.13. The molecule has 0 N–H and O–H groups in total. The Morgan fingerprint density at radius 2 is 1.60 bits per heavy atom. The smallest absolute Gasteiger partial charge is 0.338 e. The number of ketones is 1. The summed E-state index contributed by atoms with van der Waals surface area (Å²) >= 11 is 0. The first-order chi connectivity index (χ1) is 9.66. The molecule has 0 fully saturated rings. The van der Waals surface area contributed by atoms with Crippen LogP contribution in [0.5, 0.6) is 0 Å². The van der Waals surface area contributed by atoms with Gasteiger partial charge in [-0.1, -0.05) is 48.5 Å². The van der Waals surface area contributed by atoms with Crippen molar-refractivity contribution in [1.29, 1.82) is 0 Å². The average molecular weight is 268 g/mol. The number of hydrogen-bond donors (Lipinski definition) is 0. The molecule has 0 aliphatic carbocycles. The van der Waals surface area contributed by atoms with E-state index in [1.807, 2.05) is 36.4 Å². The molecule has 0 heterocycles. The lowest BCUT2D eigenvalue weighted by Gasteiger charge is -2.08. The van der Waals surface area contributed by atoms with Crippen LogP contribution in [0, 0.1) is 0 Å². The Bertz CT molecular complexity index is 603. The van der Waals surface area contributed by atoms with Crippen molar-refractivity contribution in [2.45, 2.75) is 20.0 Å². The molecule has 0 amide bonds. The van der Waals surface area contributed by atoms with Crippen molar-refractivity contribution in [3.05, 3.63) is 71.3 Å². The fraction of sp³-hybridized carbons (Fsp3) is 0.176. The monoisotopic (exact) mass is 268 g/mol. The number of ether oxygens (including phenoxy) is 1. The van der Waals surface area contributed by atoms with Gasteiger partial charge in [-0.05, 0) is 24.1 Å². The van der Waals surface area contributed by atoms with Crippen LogP contribution in [0.4, 0.5) is 0 Å². The fourth-order valence-corrected chi connectivity index (χ4v) is 1.94. The number of rotatable bonds is 5. The molecule has 2 rings (SSSR count). The largest absolute Gasteiger partial charge is 0.457 e. The maximum Gasteiger partial charge on any atom is 0.338 e. The van der Waals surface area contributed by atoms with E-state index in [0.717, 1.165) is 5.56 Å². The maximum absolute atomic E-state index is 12.1. The van der Waals surface area contributed by atoms with Crippen LogP contribution in [0.1, 0.15) is 28.4 Å². The van der Waals surface area contributed by atoms with E-state index in [4.69, 9.17) is 4.74 Å². The molecule has 0 atom stereocenters.